The van der Waals surface area contributed by atoms with Crippen LogP contribution in [-0.4, -0.2) is 31.7 Å². The Morgan fingerprint density at radius 1 is 1.15 bits per heavy atom. The lowest BCUT2D eigenvalue weighted by Gasteiger charge is -2.20. The van der Waals surface area contributed by atoms with E-state index in [0.29, 0.717) is 12.1 Å². The van der Waals surface area contributed by atoms with Crippen LogP contribution in [0, 0.1) is 0 Å². The number of anilines is 1. The quantitative estimate of drug-likeness (QED) is 0.719. The number of rotatable bonds is 7. The number of nitrogens with one attached hydrogen (secondary N) is 2. The van der Waals surface area contributed by atoms with Gasteiger partial charge in [0, 0.05) is 12.1 Å². The molecule has 0 spiro atoms. The van der Waals surface area contributed by atoms with Crippen molar-refractivity contribution in [2.24, 2.45) is 0 Å². The Morgan fingerprint density at radius 2 is 1.75 bits per heavy atom. The Labute approximate surface area is 121 Å². The first-order chi connectivity index (χ1) is 9.22. The largest absolute Gasteiger partial charge is 0.393 e. The molecule has 0 aliphatic carbocycles. The fourth-order valence-corrected chi connectivity index (χ4v) is 3.45. The zero-order valence-corrected chi connectivity index (χ0v) is 13.2. The lowest BCUT2D eigenvalue weighted by molar-refractivity contribution is 0.179. The molecule has 0 radical (unpaired) electrons. The fourth-order valence-electron chi connectivity index (χ4n) is 2.03. The van der Waals surface area contributed by atoms with Crippen molar-refractivity contribution in [3.63, 3.8) is 0 Å². The molecule has 1 aromatic carbocycles. The Bertz CT molecular complexity index is 527. The summed E-state index contributed by atoms with van der Waals surface area (Å²) < 4.78 is 27.1. The van der Waals surface area contributed by atoms with Gasteiger partial charge in [0.25, 0.3) is 0 Å². The van der Waals surface area contributed by atoms with E-state index < -0.39 is 16.1 Å². The van der Waals surface area contributed by atoms with E-state index in [9.17, 15) is 13.5 Å². The molecule has 1 aromatic rings. The van der Waals surface area contributed by atoms with Crippen LogP contribution in [0.1, 0.15) is 34.1 Å². The second-order valence-electron chi connectivity index (χ2n) is 5.40. The molecule has 3 N–H and O–H groups in total. The van der Waals surface area contributed by atoms with E-state index in [1.165, 1.54) is 0 Å². The second kappa shape index (κ2) is 7.06. The predicted octanol–water partition coefficient (Wildman–Crippen LogP) is 1.94. The van der Waals surface area contributed by atoms with Gasteiger partial charge in [0.05, 0.1) is 11.8 Å². The number of aliphatic hydroxyl groups excluding tert-OH is 1. The highest BCUT2D eigenvalue weighted by Gasteiger charge is 2.20. The number of hydrogen-bond acceptors (Lipinski definition) is 4. The summed E-state index contributed by atoms with van der Waals surface area (Å²) in [6.45, 7) is 7.18. The summed E-state index contributed by atoms with van der Waals surface area (Å²) in [7, 11) is -3.54. The summed E-state index contributed by atoms with van der Waals surface area (Å²) in [4.78, 5) is 0.228. The van der Waals surface area contributed by atoms with E-state index in [1.807, 2.05) is 6.92 Å². The molecule has 0 aromatic heterocycles. The molecule has 1 rings (SSSR count). The summed E-state index contributed by atoms with van der Waals surface area (Å²) in [6, 6.07) is 6.59. The summed E-state index contributed by atoms with van der Waals surface area (Å²) >= 11 is 0. The first kappa shape index (κ1) is 16.9. The van der Waals surface area contributed by atoms with E-state index in [4.69, 9.17) is 0 Å². The van der Waals surface area contributed by atoms with Gasteiger partial charge < -0.3 is 10.4 Å². The van der Waals surface area contributed by atoms with Crippen molar-refractivity contribution in [1.82, 2.24) is 4.72 Å². The van der Waals surface area contributed by atoms with Crippen molar-refractivity contribution in [2.75, 3.05) is 5.32 Å². The summed E-state index contributed by atoms with van der Waals surface area (Å²) in [5.41, 5.74) is 0.550. The third-order valence-electron chi connectivity index (χ3n) is 2.66. The molecule has 5 nitrogen and oxygen atoms in total. The van der Waals surface area contributed by atoms with Crippen molar-refractivity contribution in [3.8, 4) is 0 Å². The monoisotopic (exact) mass is 300 g/mol. The molecule has 0 saturated carbocycles. The predicted molar refractivity (Wildman–Crippen MR) is 81.3 cm³/mol. The van der Waals surface area contributed by atoms with Crippen LogP contribution in [0.4, 0.5) is 5.69 Å². The summed E-state index contributed by atoms with van der Waals surface area (Å²) in [5.74, 6) is 0. The molecule has 0 fully saturated rings. The highest BCUT2D eigenvalue weighted by atomic mass is 32.2. The van der Waals surface area contributed by atoms with E-state index in [-0.39, 0.29) is 17.0 Å². The Hall–Kier alpha value is -1.11. The minimum Gasteiger partial charge on any atom is -0.393 e. The van der Waals surface area contributed by atoms with Crippen LogP contribution in [0.5, 0.6) is 0 Å². The maximum Gasteiger partial charge on any atom is 0.242 e. The normalized spacial score (nSPS) is 15.1. The van der Waals surface area contributed by atoms with Crippen LogP contribution in [0.2, 0.25) is 0 Å². The van der Waals surface area contributed by atoms with Crippen LogP contribution in [0.3, 0.4) is 0 Å². The van der Waals surface area contributed by atoms with Gasteiger partial charge in [0.2, 0.25) is 10.0 Å². The molecule has 0 heterocycles. The molecule has 0 saturated heterocycles. The summed E-state index contributed by atoms with van der Waals surface area (Å²) in [6.07, 6.45) is 0.112. The van der Waals surface area contributed by atoms with E-state index in [1.54, 1.807) is 45.0 Å². The van der Waals surface area contributed by atoms with Gasteiger partial charge in [-0.1, -0.05) is 12.1 Å². The lowest BCUT2D eigenvalue weighted by atomic mass is 10.1. The standard InChI is InChI=1S/C14H24N2O3S/c1-10(2)16-20(18,19)14-8-6-5-7-13(14)15-11(3)9-12(4)17/h5-8,10-12,15-17H,9H2,1-4H3. The number of para-hydroxylation sites is 1. The Kier molecular flexibility index (Phi) is 5.98. The zero-order chi connectivity index (χ0) is 15.3. The fraction of sp³-hybridized carbons (Fsp3) is 0.571. The van der Waals surface area contributed by atoms with Gasteiger partial charge >= 0.3 is 0 Å². The minimum atomic E-state index is -3.54. The molecular weight excluding hydrogens is 276 g/mol. The molecule has 0 aliphatic heterocycles. The average molecular weight is 300 g/mol. The van der Waals surface area contributed by atoms with Gasteiger partial charge in [-0.3, -0.25) is 0 Å². The van der Waals surface area contributed by atoms with E-state index >= 15 is 0 Å². The van der Waals surface area contributed by atoms with Crippen molar-refractivity contribution >= 4 is 15.7 Å². The van der Waals surface area contributed by atoms with E-state index in [2.05, 4.69) is 10.0 Å². The highest BCUT2D eigenvalue weighted by molar-refractivity contribution is 7.89. The first-order valence-electron chi connectivity index (χ1n) is 6.78. The molecule has 2 atom stereocenters. The van der Waals surface area contributed by atoms with Crippen molar-refractivity contribution in [1.29, 1.82) is 0 Å². The van der Waals surface area contributed by atoms with Crippen molar-refractivity contribution in [3.05, 3.63) is 24.3 Å². The van der Waals surface area contributed by atoms with Crippen molar-refractivity contribution < 1.29 is 13.5 Å². The second-order valence-corrected chi connectivity index (χ2v) is 7.08. The lowest BCUT2D eigenvalue weighted by Crippen LogP contribution is -2.31. The molecule has 2 unspecified atom stereocenters. The molecule has 6 heteroatoms. The van der Waals surface area contributed by atoms with Gasteiger partial charge in [-0.2, -0.15) is 0 Å². The van der Waals surface area contributed by atoms with E-state index in [0.717, 1.165) is 0 Å². The minimum absolute atomic E-state index is 0.0228. The number of aliphatic hydroxyl groups is 1. The maximum absolute atomic E-state index is 12.3. The SMILES string of the molecule is CC(O)CC(C)Nc1ccccc1S(=O)(=O)NC(C)C. The zero-order valence-electron chi connectivity index (χ0n) is 12.4. The maximum atomic E-state index is 12.3. The average Bonchev–Trinajstić information content (AvgIpc) is 2.26. The van der Waals surface area contributed by atoms with Gasteiger partial charge in [-0.15, -0.1) is 0 Å². The number of hydrogen-bond donors (Lipinski definition) is 3. The molecule has 0 aliphatic rings. The van der Waals surface area contributed by atoms with Crippen LogP contribution in [0.25, 0.3) is 0 Å². The van der Waals surface area contributed by atoms with Crippen LogP contribution < -0.4 is 10.0 Å². The topological polar surface area (TPSA) is 78.4 Å². The van der Waals surface area contributed by atoms with Gasteiger partial charge in [-0.25, -0.2) is 13.1 Å². The van der Waals surface area contributed by atoms with Crippen LogP contribution in [0.15, 0.2) is 29.2 Å². The summed E-state index contributed by atoms with van der Waals surface area (Å²) in [5, 5.41) is 12.5. The van der Waals surface area contributed by atoms with Gasteiger partial charge in [0.15, 0.2) is 0 Å². The van der Waals surface area contributed by atoms with Gasteiger partial charge in [0.1, 0.15) is 4.90 Å². The molecule has 0 amide bonds. The van der Waals surface area contributed by atoms with Crippen LogP contribution in [-0.2, 0) is 10.0 Å². The number of sulfonamides is 1. The van der Waals surface area contributed by atoms with Gasteiger partial charge in [-0.05, 0) is 46.2 Å². The third-order valence-corrected chi connectivity index (χ3v) is 4.38. The Balaban J connectivity index is 2.99. The molecule has 114 valence electrons. The Morgan fingerprint density at radius 3 is 2.30 bits per heavy atom. The highest BCUT2D eigenvalue weighted by Crippen LogP contribution is 2.22. The first-order valence-corrected chi connectivity index (χ1v) is 8.26. The van der Waals surface area contributed by atoms with Crippen molar-refractivity contribution in [2.45, 2.75) is 57.2 Å². The molecule has 20 heavy (non-hydrogen) atoms. The molecule has 0 bridgehead atoms. The van der Waals surface area contributed by atoms with Crippen LogP contribution >= 0.6 is 0 Å². The number of benzene rings is 1. The third kappa shape index (κ3) is 5.11. The molecular formula is C14H24N2O3S. The smallest absolute Gasteiger partial charge is 0.242 e.